The smallest absolute Gasteiger partial charge is 0.329 e. The van der Waals surface area contributed by atoms with Gasteiger partial charge in [-0.3, -0.25) is 0 Å². The number of nitriles is 2. The van der Waals surface area contributed by atoms with Gasteiger partial charge >= 0.3 is 8.60 Å². The van der Waals surface area contributed by atoms with Crippen LogP contribution < -0.4 is 10.5 Å². The number of hydrogen-bond donors (Lipinski definition) is 2. The molecule has 0 aliphatic heterocycles. The molecular weight excluding hydrogens is 722 g/mol. The Balaban J connectivity index is 0.00000514. The molecule has 306 valence electrons. The molecule has 0 amide bonds. The molecule has 3 N–H and O–H groups in total. The van der Waals surface area contributed by atoms with Gasteiger partial charge in [-0.15, -0.1) is 0 Å². The molecule has 3 aromatic rings. The molecule has 14 heteroatoms. The van der Waals surface area contributed by atoms with Crippen molar-refractivity contribution in [2.45, 2.75) is 129 Å². The summed E-state index contributed by atoms with van der Waals surface area (Å²) in [6.07, 6.45) is 23.4. The van der Waals surface area contributed by atoms with E-state index in [1.54, 1.807) is 11.6 Å². The van der Waals surface area contributed by atoms with E-state index in [1.165, 1.54) is 108 Å². The van der Waals surface area contributed by atoms with Gasteiger partial charge in [-0.05, 0) is 43.5 Å². The molecule has 0 aliphatic rings. The van der Waals surface area contributed by atoms with E-state index in [2.05, 4.69) is 23.6 Å². The van der Waals surface area contributed by atoms with Crippen LogP contribution in [0.2, 0.25) is 0 Å². The van der Waals surface area contributed by atoms with Crippen molar-refractivity contribution in [3.05, 3.63) is 53.7 Å². The van der Waals surface area contributed by atoms with Crippen LogP contribution in [0.4, 0.5) is 10.2 Å². The van der Waals surface area contributed by atoms with Crippen molar-refractivity contribution in [2.24, 2.45) is 5.92 Å². The number of nitrogen functional groups attached to an aromatic ring is 1. The predicted molar refractivity (Wildman–Crippen MR) is 215 cm³/mol. The van der Waals surface area contributed by atoms with Gasteiger partial charge in [-0.2, -0.15) is 10.4 Å². The van der Waals surface area contributed by atoms with Gasteiger partial charge < -0.3 is 33.9 Å². The van der Waals surface area contributed by atoms with Crippen molar-refractivity contribution >= 4 is 19.9 Å². The Labute approximate surface area is 329 Å². The van der Waals surface area contributed by atoms with Crippen molar-refractivity contribution in [2.75, 3.05) is 45.9 Å². The van der Waals surface area contributed by atoms with Gasteiger partial charge in [-0.1, -0.05) is 103 Å². The summed E-state index contributed by atoms with van der Waals surface area (Å²) in [6.45, 7) is 7.11. The third-order valence-corrected chi connectivity index (χ3v) is 10.1. The number of fused-ring (bicyclic) bond motifs is 1. The Bertz CT molecular complexity index is 1490. The second-order valence-corrected chi connectivity index (χ2v) is 14.8. The van der Waals surface area contributed by atoms with E-state index in [4.69, 9.17) is 34.3 Å². The third-order valence-electron chi connectivity index (χ3n) is 9.39. The Morgan fingerprint density at radius 1 is 0.873 bits per heavy atom. The second-order valence-electron chi connectivity index (χ2n) is 13.8. The molecule has 0 aliphatic carbocycles. The molecule has 12 nitrogen and oxygen atoms in total. The number of nitrogens with zero attached hydrogens (tertiary/aromatic N) is 5. The van der Waals surface area contributed by atoms with Crippen LogP contribution in [0, 0.1) is 34.9 Å². The maximum atomic E-state index is 14.0. The summed E-state index contributed by atoms with van der Waals surface area (Å²) in [5, 5.41) is 20.0. The molecule has 3 unspecified atom stereocenters. The standard InChI is InChI=1S/C40H63FN5O6P.CHN/c1-3-4-5-6-7-8-9-10-11-12-13-14-15-16-17-18-23-49-28-34(29-50-38-25-33(27-42)24-35(41)26-38)30-51-53(47)52-31-37(48-2)21-19-36-20-22-39-40(43)44-32-45-46(36)39;1-2/h20,22,24-26,32,34,37,47H,3-19,21,23,28-31H2,1-2H3,(H2,43,44,45);1H. The summed E-state index contributed by atoms with van der Waals surface area (Å²) >= 11 is 0. The maximum absolute atomic E-state index is 14.0. The number of rotatable bonds is 32. The van der Waals surface area contributed by atoms with Gasteiger partial charge in [0.05, 0.1) is 44.2 Å². The number of methoxy groups -OCH3 is 1. The van der Waals surface area contributed by atoms with Gasteiger partial charge in [0.25, 0.3) is 0 Å². The molecule has 3 rings (SSSR count). The Morgan fingerprint density at radius 3 is 2.11 bits per heavy atom. The highest BCUT2D eigenvalue weighted by molar-refractivity contribution is 7.40. The van der Waals surface area contributed by atoms with Gasteiger partial charge in [-0.25, -0.2) is 19.2 Å². The summed E-state index contributed by atoms with van der Waals surface area (Å²) in [4.78, 5) is 14.6. The summed E-state index contributed by atoms with van der Waals surface area (Å²) in [7, 11) is -0.598. The molecule has 0 radical (unpaired) electrons. The van der Waals surface area contributed by atoms with Crippen molar-refractivity contribution < 1.29 is 32.5 Å². The minimum atomic E-state index is -2.19. The number of ether oxygens (including phenoxy) is 3. The Morgan fingerprint density at radius 2 is 1.49 bits per heavy atom. The highest BCUT2D eigenvalue weighted by Crippen LogP contribution is 2.34. The van der Waals surface area contributed by atoms with Gasteiger partial charge in [0.2, 0.25) is 0 Å². The van der Waals surface area contributed by atoms with Crippen molar-refractivity contribution in [3.8, 4) is 18.4 Å². The maximum Gasteiger partial charge on any atom is 0.329 e. The molecule has 0 fully saturated rings. The second kappa shape index (κ2) is 30.8. The van der Waals surface area contributed by atoms with Gasteiger partial charge in [0, 0.05) is 38.0 Å². The molecule has 0 saturated carbocycles. The topological polar surface area (TPSA) is 170 Å². The van der Waals surface area contributed by atoms with Gasteiger partial charge in [0.15, 0.2) is 5.82 Å². The highest BCUT2D eigenvalue weighted by atomic mass is 31.2. The molecule has 3 atom stereocenters. The number of hydrogen-bond acceptors (Lipinski definition) is 11. The van der Waals surface area contributed by atoms with Gasteiger partial charge in [0.1, 0.15) is 23.4 Å². The number of nitrogens with two attached hydrogens (primary N) is 1. The zero-order valence-corrected chi connectivity index (χ0v) is 34.0. The van der Waals surface area contributed by atoms with Crippen LogP contribution in [0.3, 0.4) is 0 Å². The zero-order chi connectivity index (χ0) is 39.9. The van der Waals surface area contributed by atoms with Crippen LogP contribution in [0.5, 0.6) is 5.75 Å². The fraction of sp³-hybridized carbons (Fsp3) is 0.659. The van der Waals surface area contributed by atoms with E-state index in [-0.39, 0.29) is 43.2 Å². The van der Waals surface area contributed by atoms with E-state index in [1.807, 2.05) is 18.2 Å². The number of anilines is 1. The van der Waals surface area contributed by atoms with E-state index < -0.39 is 14.4 Å². The summed E-state index contributed by atoms with van der Waals surface area (Å²) < 4.78 is 44.4. The van der Waals surface area contributed by atoms with Crippen LogP contribution in [0.1, 0.15) is 127 Å². The van der Waals surface area contributed by atoms with Crippen LogP contribution >= 0.6 is 8.60 Å². The zero-order valence-electron chi connectivity index (χ0n) is 33.1. The average Bonchev–Trinajstić information content (AvgIpc) is 3.62. The van der Waals surface area contributed by atoms with E-state index in [9.17, 15) is 14.5 Å². The van der Waals surface area contributed by atoms with Crippen molar-refractivity contribution in [1.29, 1.82) is 10.5 Å². The van der Waals surface area contributed by atoms with E-state index in [0.717, 1.165) is 30.1 Å². The Kier molecular flexibility index (Phi) is 26.7. The molecule has 2 aromatic heterocycles. The lowest BCUT2D eigenvalue weighted by Crippen LogP contribution is -2.23. The fourth-order valence-electron chi connectivity index (χ4n) is 6.20. The first-order valence-electron chi connectivity index (χ1n) is 19.9. The number of aryl methyl sites for hydroxylation is 1. The highest BCUT2D eigenvalue weighted by Gasteiger charge is 2.19. The minimum Gasteiger partial charge on any atom is -0.493 e. The van der Waals surface area contributed by atoms with Crippen molar-refractivity contribution in [3.63, 3.8) is 0 Å². The lowest BCUT2D eigenvalue weighted by atomic mass is 10.0. The predicted octanol–water partition coefficient (Wildman–Crippen LogP) is 9.64. The lowest BCUT2D eigenvalue weighted by Gasteiger charge is -2.21. The summed E-state index contributed by atoms with van der Waals surface area (Å²) in [5.74, 6) is -0.145. The normalized spacial score (nSPS) is 12.8. The molecule has 2 heterocycles. The lowest BCUT2D eigenvalue weighted by molar-refractivity contribution is 0.0317. The number of benzene rings is 1. The van der Waals surface area contributed by atoms with E-state index in [0.29, 0.717) is 31.9 Å². The fourth-order valence-corrected chi connectivity index (χ4v) is 6.91. The first-order valence-corrected chi connectivity index (χ1v) is 21.1. The number of unbranched alkanes of at least 4 members (excludes halogenated alkanes) is 15. The van der Waals surface area contributed by atoms with E-state index >= 15 is 0 Å². The first kappa shape index (κ1) is 47.7. The van der Waals surface area contributed by atoms with Crippen LogP contribution in [0.25, 0.3) is 5.52 Å². The summed E-state index contributed by atoms with van der Waals surface area (Å²) in [5.41, 5.74) is 7.82. The monoisotopic (exact) mass is 786 g/mol. The first-order chi connectivity index (χ1) is 26.9. The average molecular weight is 787 g/mol. The summed E-state index contributed by atoms with van der Waals surface area (Å²) in [6, 6.07) is 9.65. The molecule has 55 heavy (non-hydrogen) atoms. The van der Waals surface area contributed by atoms with Crippen molar-refractivity contribution in [1.82, 2.24) is 14.6 Å². The Hall–Kier alpha value is -3.42. The minimum absolute atomic E-state index is 0.108. The molecule has 0 saturated heterocycles. The molecule has 0 bridgehead atoms. The quantitative estimate of drug-likeness (QED) is 0.0456. The SMILES string of the molecule is C#N.CCCCCCCCCCCCCCCCCCOCC(COc1cc(F)cc(C#N)c1)COP(O)OCC(CCc1ccc2c(N)ncnn12)OC. The number of halogens is 1. The molecule has 1 aromatic carbocycles. The molecule has 0 spiro atoms. The number of aromatic nitrogens is 3. The van der Waals surface area contributed by atoms with Crippen LogP contribution in [-0.4, -0.2) is 65.7 Å². The largest absolute Gasteiger partial charge is 0.493 e. The third kappa shape index (κ3) is 20.9. The van der Waals surface area contributed by atoms with Crippen LogP contribution in [-0.2, 0) is 24.9 Å². The van der Waals surface area contributed by atoms with Crippen LogP contribution in [0.15, 0.2) is 36.7 Å². The molecular formula is C41H64FN6O6P.